The van der Waals surface area contributed by atoms with Gasteiger partial charge in [0.25, 0.3) is 5.91 Å². The standard InChI is InChI=1S/C13H20N2O3/c1-4-9(2)15-13(16)8-18-10-5-6-12(17-3)11(14)7-10/h5-7,9H,4,8,14H2,1-3H3,(H,15,16). The molecular formula is C13H20N2O3. The lowest BCUT2D eigenvalue weighted by molar-refractivity contribution is -0.123. The van der Waals surface area contributed by atoms with E-state index in [9.17, 15) is 4.79 Å². The van der Waals surface area contributed by atoms with E-state index in [1.165, 1.54) is 0 Å². The SMILES string of the molecule is CCC(C)NC(=O)COc1ccc(OC)c(N)c1. The van der Waals surface area contributed by atoms with Gasteiger partial charge in [-0.25, -0.2) is 0 Å². The van der Waals surface area contributed by atoms with Gasteiger partial charge in [-0.05, 0) is 25.5 Å². The highest BCUT2D eigenvalue weighted by atomic mass is 16.5. The summed E-state index contributed by atoms with van der Waals surface area (Å²) in [5.74, 6) is 0.998. The lowest BCUT2D eigenvalue weighted by atomic mass is 10.2. The first-order valence-electron chi connectivity index (χ1n) is 5.92. The number of carbonyl (C=O) groups is 1. The van der Waals surface area contributed by atoms with Gasteiger partial charge in [-0.1, -0.05) is 6.92 Å². The second-order valence-corrected chi connectivity index (χ2v) is 4.07. The van der Waals surface area contributed by atoms with Crippen molar-refractivity contribution in [3.8, 4) is 11.5 Å². The number of nitrogens with one attached hydrogen (secondary N) is 1. The van der Waals surface area contributed by atoms with Gasteiger partial charge in [0.1, 0.15) is 11.5 Å². The monoisotopic (exact) mass is 252 g/mol. The number of nitrogens with two attached hydrogens (primary N) is 1. The first-order chi connectivity index (χ1) is 8.56. The van der Waals surface area contributed by atoms with Gasteiger partial charge in [-0.3, -0.25) is 4.79 Å². The molecule has 1 atom stereocenters. The third kappa shape index (κ3) is 4.16. The Labute approximate surface area is 107 Å². The molecule has 18 heavy (non-hydrogen) atoms. The minimum atomic E-state index is -0.140. The van der Waals surface area contributed by atoms with Gasteiger partial charge in [0.15, 0.2) is 6.61 Å². The van der Waals surface area contributed by atoms with Crippen LogP contribution in [0.25, 0.3) is 0 Å². The third-order valence-electron chi connectivity index (χ3n) is 2.59. The first-order valence-corrected chi connectivity index (χ1v) is 5.92. The van der Waals surface area contributed by atoms with Gasteiger partial charge in [0.2, 0.25) is 0 Å². The fraction of sp³-hybridized carbons (Fsp3) is 0.462. The molecule has 0 saturated carbocycles. The Morgan fingerprint density at radius 3 is 2.78 bits per heavy atom. The molecule has 3 N–H and O–H groups in total. The van der Waals surface area contributed by atoms with Crippen molar-refractivity contribution in [2.45, 2.75) is 26.3 Å². The molecule has 0 aliphatic rings. The summed E-state index contributed by atoms with van der Waals surface area (Å²) in [4.78, 5) is 11.5. The van der Waals surface area contributed by atoms with E-state index in [-0.39, 0.29) is 18.6 Å². The summed E-state index contributed by atoms with van der Waals surface area (Å²) in [5.41, 5.74) is 6.22. The van der Waals surface area contributed by atoms with Crippen molar-refractivity contribution in [3.05, 3.63) is 18.2 Å². The Morgan fingerprint density at radius 1 is 1.50 bits per heavy atom. The van der Waals surface area contributed by atoms with Crippen molar-refractivity contribution in [3.63, 3.8) is 0 Å². The fourth-order valence-corrected chi connectivity index (χ4v) is 1.37. The summed E-state index contributed by atoms with van der Waals surface area (Å²) < 4.78 is 10.4. The smallest absolute Gasteiger partial charge is 0.258 e. The summed E-state index contributed by atoms with van der Waals surface area (Å²) in [6.07, 6.45) is 0.890. The van der Waals surface area contributed by atoms with E-state index in [1.807, 2.05) is 13.8 Å². The van der Waals surface area contributed by atoms with E-state index in [1.54, 1.807) is 25.3 Å². The minimum absolute atomic E-state index is 0.0177. The number of benzene rings is 1. The number of amides is 1. The fourth-order valence-electron chi connectivity index (χ4n) is 1.37. The van der Waals surface area contributed by atoms with Crippen LogP contribution in [0.4, 0.5) is 5.69 Å². The number of carbonyl (C=O) groups excluding carboxylic acids is 1. The lowest BCUT2D eigenvalue weighted by Gasteiger charge is -2.12. The predicted molar refractivity (Wildman–Crippen MR) is 70.8 cm³/mol. The summed E-state index contributed by atoms with van der Waals surface area (Å²) in [6.45, 7) is 3.94. The Kier molecular flexibility index (Phi) is 5.30. The van der Waals surface area contributed by atoms with E-state index in [4.69, 9.17) is 15.2 Å². The molecule has 0 aromatic heterocycles. The zero-order valence-electron chi connectivity index (χ0n) is 11.0. The molecule has 1 amide bonds. The number of methoxy groups -OCH3 is 1. The quantitative estimate of drug-likeness (QED) is 0.754. The highest BCUT2D eigenvalue weighted by Gasteiger charge is 2.07. The highest BCUT2D eigenvalue weighted by molar-refractivity contribution is 5.77. The van der Waals surface area contributed by atoms with Gasteiger partial charge >= 0.3 is 0 Å². The molecule has 0 aliphatic heterocycles. The van der Waals surface area contributed by atoms with E-state index >= 15 is 0 Å². The first kappa shape index (κ1) is 14.2. The van der Waals surface area contributed by atoms with Gasteiger partial charge in [-0.2, -0.15) is 0 Å². The van der Waals surface area contributed by atoms with Gasteiger partial charge < -0.3 is 20.5 Å². The van der Waals surface area contributed by atoms with Gasteiger partial charge in [0.05, 0.1) is 12.8 Å². The number of hydrogen-bond acceptors (Lipinski definition) is 4. The average molecular weight is 252 g/mol. The molecule has 0 fully saturated rings. The van der Waals surface area contributed by atoms with Crippen LogP contribution in [0.5, 0.6) is 11.5 Å². The van der Waals surface area contributed by atoms with Crippen molar-refractivity contribution >= 4 is 11.6 Å². The maximum Gasteiger partial charge on any atom is 0.258 e. The number of hydrogen-bond donors (Lipinski definition) is 2. The van der Waals surface area contributed by atoms with Gasteiger partial charge in [-0.15, -0.1) is 0 Å². The lowest BCUT2D eigenvalue weighted by Crippen LogP contribution is -2.35. The largest absolute Gasteiger partial charge is 0.495 e. The van der Waals surface area contributed by atoms with Crippen LogP contribution < -0.4 is 20.5 Å². The summed E-state index contributed by atoms with van der Waals surface area (Å²) in [5, 5.41) is 2.82. The van der Waals surface area contributed by atoms with Crippen molar-refractivity contribution in [2.75, 3.05) is 19.5 Å². The second kappa shape index (κ2) is 6.74. The molecule has 1 aromatic rings. The number of rotatable bonds is 6. The predicted octanol–water partition coefficient (Wildman–Crippen LogP) is 1.57. The molecule has 1 unspecified atom stereocenters. The molecule has 1 rings (SSSR count). The zero-order valence-corrected chi connectivity index (χ0v) is 11.0. The maximum atomic E-state index is 11.5. The van der Waals surface area contributed by atoms with Crippen LogP contribution in [0.3, 0.4) is 0 Å². The molecule has 0 spiro atoms. The maximum absolute atomic E-state index is 11.5. The molecule has 0 saturated heterocycles. The number of nitrogen functional groups attached to an aromatic ring is 1. The molecule has 0 heterocycles. The Morgan fingerprint density at radius 2 is 2.22 bits per heavy atom. The van der Waals surface area contributed by atoms with Crippen molar-refractivity contribution in [1.82, 2.24) is 5.32 Å². The Bertz CT molecular complexity index is 407. The van der Waals surface area contributed by atoms with Gasteiger partial charge in [0, 0.05) is 12.1 Å². The molecule has 5 nitrogen and oxygen atoms in total. The van der Waals surface area contributed by atoms with E-state index in [0.717, 1.165) is 6.42 Å². The summed E-state index contributed by atoms with van der Waals surface area (Å²) in [6, 6.07) is 5.21. The third-order valence-corrected chi connectivity index (χ3v) is 2.59. The molecule has 0 aliphatic carbocycles. The van der Waals surface area contributed by atoms with E-state index < -0.39 is 0 Å². The Hall–Kier alpha value is -1.91. The van der Waals surface area contributed by atoms with Crippen LogP contribution in [0.1, 0.15) is 20.3 Å². The molecular weight excluding hydrogens is 232 g/mol. The molecule has 5 heteroatoms. The van der Waals surface area contributed by atoms with Crippen LogP contribution in [-0.4, -0.2) is 25.7 Å². The minimum Gasteiger partial charge on any atom is -0.495 e. The summed E-state index contributed by atoms with van der Waals surface area (Å²) in [7, 11) is 1.55. The highest BCUT2D eigenvalue weighted by Crippen LogP contribution is 2.25. The van der Waals surface area contributed by atoms with Crippen molar-refractivity contribution in [1.29, 1.82) is 0 Å². The van der Waals surface area contributed by atoms with E-state index in [2.05, 4.69) is 5.32 Å². The molecule has 0 radical (unpaired) electrons. The van der Waals surface area contributed by atoms with E-state index in [0.29, 0.717) is 17.2 Å². The number of anilines is 1. The van der Waals surface area contributed by atoms with Crippen LogP contribution in [-0.2, 0) is 4.79 Å². The van der Waals surface area contributed by atoms with Crippen LogP contribution >= 0.6 is 0 Å². The molecule has 1 aromatic carbocycles. The summed E-state index contributed by atoms with van der Waals surface area (Å²) >= 11 is 0. The van der Waals surface area contributed by atoms with Crippen LogP contribution in [0.15, 0.2) is 18.2 Å². The second-order valence-electron chi connectivity index (χ2n) is 4.07. The van der Waals surface area contributed by atoms with Crippen LogP contribution in [0.2, 0.25) is 0 Å². The Balaban J connectivity index is 2.48. The van der Waals surface area contributed by atoms with Crippen LogP contribution in [0, 0.1) is 0 Å². The van der Waals surface area contributed by atoms with Crippen molar-refractivity contribution < 1.29 is 14.3 Å². The topological polar surface area (TPSA) is 73.6 Å². The number of ether oxygens (including phenoxy) is 2. The van der Waals surface area contributed by atoms with Crippen molar-refractivity contribution in [2.24, 2.45) is 0 Å². The normalized spacial score (nSPS) is 11.7. The average Bonchev–Trinajstić information content (AvgIpc) is 2.36. The molecule has 0 bridgehead atoms. The zero-order chi connectivity index (χ0) is 13.5. The molecule has 100 valence electrons.